The molecule has 0 N–H and O–H groups in total. The summed E-state index contributed by atoms with van der Waals surface area (Å²) in [4.78, 5) is 14.3. The second-order valence-corrected chi connectivity index (χ2v) is 4.72. The lowest BCUT2D eigenvalue weighted by molar-refractivity contribution is 0.00359. The first-order chi connectivity index (χ1) is 9.75. The maximum atomic E-state index is 12.4. The lowest BCUT2D eigenvalue weighted by atomic mass is 10.1. The molecule has 1 unspecified atom stereocenters. The molecule has 1 saturated heterocycles. The van der Waals surface area contributed by atoms with Gasteiger partial charge in [0.15, 0.2) is 0 Å². The number of ether oxygens (including phenoxy) is 1. The van der Waals surface area contributed by atoms with Gasteiger partial charge in [-0.05, 0) is 41.6 Å². The number of rotatable bonds is 2. The summed E-state index contributed by atoms with van der Waals surface area (Å²) in [5.41, 5.74) is 1.48. The fourth-order valence-electron chi connectivity index (χ4n) is 2.23. The van der Waals surface area contributed by atoms with Crippen LogP contribution < -0.4 is 0 Å². The van der Waals surface area contributed by atoms with Crippen molar-refractivity contribution in [3.8, 4) is 5.69 Å². The molecule has 2 heterocycles. The molecule has 1 fully saturated rings. The van der Waals surface area contributed by atoms with Gasteiger partial charge in [0.1, 0.15) is 6.33 Å². The molecule has 1 amide bonds. The number of amides is 1. The van der Waals surface area contributed by atoms with E-state index in [0.717, 1.165) is 5.69 Å². The van der Waals surface area contributed by atoms with E-state index in [9.17, 15) is 4.79 Å². The Morgan fingerprint density at radius 2 is 2.15 bits per heavy atom. The Morgan fingerprint density at radius 3 is 2.80 bits per heavy atom. The smallest absolute Gasteiger partial charge is 0.254 e. The summed E-state index contributed by atoms with van der Waals surface area (Å²) in [5, 5.41) is 11.0. The molecular formula is C13H15N5O2. The minimum absolute atomic E-state index is 0.0315. The molecule has 104 valence electrons. The van der Waals surface area contributed by atoms with Gasteiger partial charge in [-0.15, -0.1) is 5.10 Å². The number of aromatic nitrogens is 4. The Hall–Kier alpha value is -2.28. The van der Waals surface area contributed by atoms with Crippen molar-refractivity contribution >= 4 is 5.91 Å². The van der Waals surface area contributed by atoms with Crippen molar-refractivity contribution in [1.29, 1.82) is 0 Å². The first-order valence-electron chi connectivity index (χ1n) is 6.48. The third-order valence-corrected chi connectivity index (χ3v) is 3.36. The minimum atomic E-state index is 0.0315. The van der Waals surface area contributed by atoms with Crippen LogP contribution in [0.4, 0.5) is 0 Å². The molecule has 20 heavy (non-hydrogen) atoms. The standard InChI is InChI=1S/C13H15N5O2/c1-10-8-20-7-6-17(10)13(19)11-2-4-12(5-3-11)18-9-14-15-16-18/h2-5,9-10H,6-8H2,1H3. The summed E-state index contributed by atoms with van der Waals surface area (Å²) < 4.78 is 6.89. The van der Waals surface area contributed by atoms with Crippen LogP contribution in [0.1, 0.15) is 17.3 Å². The van der Waals surface area contributed by atoms with E-state index in [4.69, 9.17) is 4.74 Å². The van der Waals surface area contributed by atoms with Crippen LogP contribution in [0.3, 0.4) is 0 Å². The highest BCUT2D eigenvalue weighted by molar-refractivity contribution is 5.94. The minimum Gasteiger partial charge on any atom is -0.377 e. The monoisotopic (exact) mass is 273 g/mol. The predicted octanol–water partition coefficient (Wildman–Crippen LogP) is 0.523. The zero-order valence-electron chi connectivity index (χ0n) is 11.1. The van der Waals surface area contributed by atoms with Gasteiger partial charge in [-0.1, -0.05) is 0 Å². The Kier molecular flexibility index (Phi) is 3.42. The van der Waals surface area contributed by atoms with Crippen molar-refractivity contribution in [3.63, 3.8) is 0 Å². The molecule has 0 spiro atoms. The Bertz CT molecular complexity index is 581. The number of carbonyl (C=O) groups excluding carboxylic acids is 1. The van der Waals surface area contributed by atoms with Gasteiger partial charge in [-0.2, -0.15) is 0 Å². The number of nitrogens with zero attached hydrogens (tertiary/aromatic N) is 5. The van der Waals surface area contributed by atoms with Crippen molar-refractivity contribution in [2.24, 2.45) is 0 Å². The van der Waals surface area contributed by atoms with Gasteiger partial charge in [0.05, 0.1) is 24.9 Å². The molecule has 0 aliphatic carbocycles. The average molecular weight is 273 g/mol. The van der Waals surface area contributed by atoms with Crippen molar-refractivity contribution < 1.29 is 9.53 Å². The van der Waals surface area contributed by atoms with E-state index in [1.807, 2.05) is 24.0 Å². The highest BCUT2D eigenvalue weighted by atomic mass is 16.5. The van der Waals surface area contributed by atoms with E-state index in [1.165, 1.54) is 6.33 Å². The molecule has 1 atom stereocenters. The molecule has 3 rings (SSSR count). The molecule has 1 aliphatic rings. The maximum absolute atomic E-state index is 12.4. The molecule has 7 heteroatoms. The van der Waals surface area contributed by atoms with Gasteiger partial charge in [0.25, 0.3) is 5.91 Å². The molecule has 1 aliphatic heterocycles. The van der Waals surface area contributed by atoms with Crippen LogP contribution in [0.5, 0.6) is 0 Å². The largest absolute Gasteiger partial charge is 0.377 e. The zero-order valence-corrected chi connectivity index (χ0v) is 11.1. The second kappa shape index (κ2) is 5.38. The Balaban J connectivity index is 1.78. The van der Waals surface area contributed by atoms with Crippen LogP contribution >= 0.6 is 0 Å². The van der Waals surface area contributed by atoms with Gasteiger partial charge in [0, 0.05) is 12.1 Å². The van der Waals surface area contributed by atoms with Crippen LogP contribution in [-0.2, 0) is 4.74 Å². The van der Waals surface area contributed by atoms with E-state index in [2.05, 4.69) is 15.5 Å². The lowest BCUT2D eigenvalue weighted by Crippen LogP contribution is -2.47. The van der Waals surface area contributed by atoms with Gasteiger partial charge < -0.3 is 9.64 Å². The molecule has 1 aromatic heterocycles. The number of hydrogen-bond donors (Lipinski definition) is 0. The van der Waals surface area contributed by atoms with Crippen molar-refractivity contribution in [1.82, 2.24) is 25.1 Å². The van der Waals surface area contributed by atoms with Gasteiger partial charge in [-0.3, -0.25) is 4.79 Å². The van der Waals surface area contributed by atoms with Crippen molar-refractivity contribution in [2.45, 2.75) is 13.0 Å². The molecule has 0 radical (unpaired) electrons. The van der Waals surface area contributed by atoms with E-state index < -0.39 is 0 Å². The summed E-state index contributed by atoms with van der Waals surface area (Å²) in [6, 6.07) is 7.35. The third kappa shape index (κ3) is 2.39. The van der Waals surface area contributed by atoms with E-state index in [-0.39, 0.29) is 11.9 Å². The highest BCUT2D eigenvalue weighted by Gasteiger charge is 2.24. The van der Waals surface area contributed by atoms with E-state index >= 15 is 0 Å². The molecule has 0 bridgehead atoms. The Labute approximate surface area is 116 Å². The molecule has 2 aromatic rings. The number of carbonyl (C=O) groups is 1. The third-order valence-electron chi connectivity index (χ3n) is 3.36. The molecule has 0 saturated carbocycles. The summed E-state index contributed by atoms with van der Waals surface area (Å²) >= 11 is 0. The number of morpholine rings is 1. The number of hydrogen-bond acceptors (Lipinski definition) is 5. The topological polar surface area (TPSA) is 73.1 Å². The first-order valence-corrected chi connectivity index (χ1v) is 6.48. The van der Waals surface area contributed by atoms with Gasteiger partial charge in [0.2, 0.25) is 0 Å². The van der Waals surface area contributed by atoms with Crippen LogP contribution in [0.25, 0.3) is 5.69 Å². The summed E-state index contributed by atoms with van der Waals surface area (Å²) in [6.45, 7) is 3.81. The van der Waals surface area contributed by atoms with Gasteiger partial charge in [-0.25, -0.2) is 4.68 Å². The van der Waals surface area contributed by atoms with E-state index in [1.54, 1.807) is 16.8 Å². The zero-order chi connectivity index (χ0) is 13.9. The summed E-state index contributed by atoms with van der Waals surface area (Å²) in [7, 11) is 0. The summed E-state index contributed by atoms with van der Waals surface area (Å²) in [5.74, 6) is 0.0315. The van der Waals surface area contributed by atoms with E-state index in [0.29, 0.717) is 25.3 Å². The van der Waals surface area contributed by atoms with Crippen molar-refractivity contribution in [2.75, 3.05) is 19.8 Å². The second-order valence-electron chi connectivity index (χ2n) is 4.72. The van der Waals surface area contributed by atoms with Gasteiger partial charge >= 0.3 is 0 Å². The fraction of sp³-hybridized carbons (Fsp3) is 0.385. The molecule has 1 aromatic carbocycles. The number of tetrazole rings is 1. The van der Waals surface area contributed by atoms with Crippen LogP contribution in [0.2, 0.25) is 0 Å². The van der Waals surface area contributed by atoms with Crippen LogP contribution in [-0.4, -0.2) is 56.8 Å². The van der Waals surface area contributed by atoms with Crippen molar-refractivity contribution in [3.05, 3.63) is 36.2 Å². The summed E-state index contributed by atoms with van der Waals surface area (Å²) in [6.07, 6.45) is 1.51. The molecule has 7 nitrogen and oxygen atoms in total. The quantitative estimate of drug-likeness (QED) is 0.797. The number of benzene rings is 1. The van der Waals surface area contributed by atoms with Crippen LogP contribution in [0.15, 0.2) is 30.6 Å². The lowest BCUT2D eigenvalue weighted by Gasteiger charge is -2.33. The Morgan fingerprint density at radius 1 is 1.35 bits per heavy atom. The normalized spacial score (nSPS) is 19.1. The predicted molar refractivity (Wildman–Crippen MR) is 70.5 cm³/mol. The maximum Gasteiger partial charge on any atom is 0.254 e. The fourth-order valence-corrected chi connectivity index (χ4v) is 2.23. The average Bonchev–Trinajstić information content (AvgIpc) is 3.01. The highest BCUT2D eigenvalue weighted by Crippen LogP contribution is 2.14. The van der Waals surface area contributed by atoms with Crippen LogP contribution in [0, 0.1) is 0 Å². The SMILES string of the molecule is CC1COCCN1C(=O)c1ccc(-n2cnnn2)cc1. The molecular weight excluding hydrogens is 258 g/mol. The first kappa shape index (κ1) is 12.7.